The average molecular weight is 525 g/mol. The Balaban J connectivity index is 1.43. The van der Waals surface area contributed by atoms with Crippen molar-refractivity contribution in [1.82, 2.24) is 34.3 Å². The van der Waals surface area contributed by atoms with E-state index in [0.717, 1.165) is 0 Å². The van der Waals surface area contributed by atoms with E-state index < -0.39 is 22.6 Å². The van der Waals surface area contributed by atoms with Gasteiger partial charge in [0.1, 0.15) is 5.82 Å². The summed E-state index contributed by atoms with van der Waals surface area (Å²) in [6, 6.07) is 5.85. The molecule has 0 bridgehead atoms. The van der Waals surface area contributed by atoms with E-state index >= 15 is 0 Å². The van der Waals surface area contributed by atoms with Gasteiger partial charge in [-0.15, -0.1) is 0 Å². The third kappa shape index (κ3) is 4.65. The van der Waals surface area contributed by atoms with Crippen molar-refractivity contribution in [2.45, 2.75) is 13.2 Å². The first-order chi connectivity index (χ1) is 15.3. The van der Waals surface area contributed by atoms with Gasteiger partial charge in [-0.3, -0.25) is 9.48 Å². The molecule has 3 heterocycles. The van der Waals surface area contributed by atoms with Gasteiger partial charge in [-0.1, -0.05) is 22.7 Å². The molecule has 0 aliphatic heterocycles. The molecule has 1 amide bonds. The summed E-state index contributed by atoms with van der Waals surface area (Å²) in [6.07, 6.45) is 4.27. The predicted molar refractivity (Wildman–Crippen MR) is 113 cm³/mol. The van der Waals surface area contributed by atoms with Crippen LogP contribution in [0, 0.1) is 15.9 Å². The lowest BCUT2D eigenvalue weighted by molar-refractivity contribution is -0.394. The zero-order valence-corrected chi connectivity index (χ0v) is 18.2. The van der Waals surface area contributed by atoms with E-state index in [-0.39, 0.29) is 35.3 Å². The Bertz CT molecular complexity index is 1300. The maximum absolute atomic E-state index is 14.0. The number of nitrogens with zero attached hydrogens (tertiary/aromatic N) is 8. The summed E-state index contributed by atoms with van der Waals surface area (Å²) in [7, 11) is 0. The van der Waals surface area contributed by atoms with Crippen molar-refractivity contribution in [2.75, 3.05) is 5.32 Å². The van der Waals surface area contributed by atoms with Crippen LogP contribution in [0.25, 0.3) is 0 Å². The molecule has 15 heteroatoms. The second-order valence-electron chi connectivity index (χ2n) is 6.40. The van der Waals surface area contributed by atoms with Gasteiger partial charge in [0.25, 0.3) is 5.91 Å². The minimum absolute atomic E-state index is 0.0237. The predicted octanol–water partition coefficient (Wildman–Crippen LogP) is 2.94. The number of nitro groups is 1. The first-order valence-electron chi connectivity index (χ1n) is 8.84. The van der Waals surface area contributed by atoms with Crippen LogP contribution in [0.5, 0.6) is 0 Å². The normalized spacial score (nSPS) is 11.0. The fraction of sp³-hybridized carbons (Fsp3) is 0.118. The van der Waals surface area contributed by atoms with Crippen molar-refractivity contribution in [3.05, 3.63) is 79.7 Å². The van der Waals surface area contributed by atoms with Crippen LogP contribution < -0.4 is 5.32 Å². The van der Waals surface area contributed by atoms with Gasteiger partial charge in [0.2, 0.25) is 6.33 Å². The molecule has 1 N–H and O–H groups in total. The van der Waals surface area contributed by atoms with Gasteiger partial charge >= 0.3 is 5.95 Å². The highest BCUT2D eigenvalue weighted by Crippen LogP contribution is 2.24. The molecule has 0 aliphatic carbocycles. The van der Waals surface area contributed by atoms with Crippen LogP contribution in [0.4, 0.5) is 16.2 Å². The van der Waals surface area contributed by atoms with Crippen molar-refractivity contribution in [1.29, 1.82) is 0 Å². The number of rotatable bonds is 7. The quantitative estimate of drug-likeness (QED) is 0.290. The minimum atomic E-state index is -0.713. The largest absolute Gasteiger partial charge is 0.491 e. The summed E-state index contributed by atoms with van der Waals surface area (Å²) in [5.74, 6) is -1.32. The third-order valence-electron chi connectivity index (χ3n) is 4.18. The van der Waals surface area contributed by atoms with E-state index in [0.29, 0.717) is 4.47 Å². The molecule has 4 aromatic rings. The van der Waals surface area contributed by atoms with E-state index in [1.807, 2.05) is 0 Å². The molecule has 0 radical (unpaired) electrons. The molecule has 1 aromatic carbocycles. The Labute approximate surface area is 191 Å². The third-order valence-corrected chi connectivity index (χ3v) is 5.12. The zero-order valence-electron chi connectivity index (χ0n) is 15.9. The molecule has 3 aromatic heterocycles. The Morgan fingerprint density at radius 2 is 2.03 bits per heavy atom. The summed E-state index contributed by atoms with van der Waals surface area (Å²) in [5, 5.41) is 25.6. The number of carbonyl (C=O) groups is 1. The highest BCUT2D eigenvalue weighted by molar-refractivity contribution is 9.10. The molecule has 0 unspecified atom stereocenters. The number of carbonyl (C=O) groups excluding carboxylic acids is 1. The Morgan fingerprint density at radius 1 is 1.22 bits per heavy atom. The average Bonchev–Trinajstić information content (AvgIpc) is 3.46. The lowest BCUT2D eigenvalue weighted by Gasteiger charge is -2.05. The number of benzene rings is 1. The molecule has 4 rings (SSSR count). The summed E-state index contributed by atoms with van der Waals surface area (Å²) in [4.78, 5) is 26.0. The van der Waals surface area contributed by atoms with Crippen LogP contribution in [-0.4, -0.2) is 45.2 Å². The Hall–Kier alpha value is -3.65. The number of nitrogens with one attached hydrogen (secondary N) is 1. The molecule has 0 aliphatic rings. The second kappa shape index (κ2) is 8.84. The molecule has 0 atom stereocenters. The maximum Gasteiger partial charge on any atom is 0.491 e. The lowest BCUT2D eigenvalue weighted by Crippen LogP contribution is -2.16. The van der Waals surface area contributed by atoms with Gasteiger partial charge in [0.15, 0.2) is 18.2 Å². The summed E-state index contributed by atoms with van der Waals surface area (Å²) < 4.78 is 18.5. The van der Waals surface area contributed by atoms with Gasteiger partial charge in [-0.25, -0.2) is 9.07 Å². The topological polar surface area (TPSA) is 139 Å². The van der Waals surface area contributed by atoms with E-state index in [4.69, 9.17) is 11.6 Å². The van der Waals surface area contributed by atoms with Crippen LogP contribution in [-0.2, 0) is 13.2 Å². The molecule has 0 spiro atoms. The van der Waals surface area contributed by atoms with Crippen molar-refractivity contribution in [3.8, 4) is 0 Å². The zero-order chi connectivity index (χ0) is 22.8. The van der Waals surface area contributed by atoms with E-state index in [2.05, 4.69) is 41.5 Å². The van der Waals surface area contributed by atoms with Crippen molar-refractivity contribution in [3.63, 3.8) is 0 Å². The van der Waals surface area contributed by atoms with Crippen molar-refractivity contribution in [2.24, 2.45) is 0 Å². The van der Waals surface area contributed by atoms with Gasteiger partial charge in [0.05, 0.1) is 11.0 Å². The maximum atomic E-state index is 14.0. The number of aromatic nitrogens is 7. The van der Waals surface area contributed by atoms with Crippen LogP contribution in [0.1, 0.15) is 16.1 Å². The van der Waals surface area contributed by atoms with Gasteiger partial charge in [-0.05, 0) is 39.1 Å². The van der Waals surface area contributed by atoms with Crippen LogP contribution >= 0.6 is 27.5 Å². The number of hydrogen-bond donors (Lipinski definition) is 1. The van der Waals surface area contributed by atoms with E-state index in [1.165, 1.54) is 44.8 Å². The van der Waals surface area contributed by atoms with Crippen LogP contribution in [0.2, 0.25) is 5.02 Å². The second-order valence-corrected chi connectivity index (χ2v) is 7.66. The van der Waals surface area contributed by atoms with Gasteiger partial charge in [0, 0.05) is 28.1 Å². The number of anilines is 1. The first-order valence-corrected chi connectivity index (χ1v) is 10.0. The van der Waals surface area contributed by atoms with E-state index in [1.54, 1.807) is 12.3 Å². The minimum Gasteiger partial charge on any atom is -0.390 e. The molecule has 164 valence electrons. The lowest BCUT2D eigenvalue weighted by atomic mass is 10.2. The fourth-order valence-electron chi connectivity index (χ4n) is 2.73. The first kappa shape index (κ1) is 21.6. The summed E-state index contributed by atoms with van der Waals surface area (Å²) in [5.41, 5.74) is 0.354. The molecule has 12 nitrogen and oxygen atoms in total. The molecular formula is C17H12BrClFN9O3. The van der Waals surface area contributed by atoms with E-state index in [9.17, 15) is 19.3 Å². The number of halogens is 3. The van der Waals surface area contributed by atoms with Gasteiger partial charge in [-0.2, -0.15) is 14.9 Å². The summed E-state index contributed by atoms with van der Waals surface area (Å²) >= 11 is 9.36. The van der Waals surface area contributed by atoms with Crippen molar-refractivity contribution >= 4 is 45.2 Å². The highest BCUT2D eigenvalue weighted by Gasteiger charge is 2.17. The van der Waals surface area contributed by atoms with Crippen molar-refractivity contribution < 1.29 is 14.1 Å². The molecule has 0 saturated heterocycles. The Kier molecular flexibility index (Phi) is 5.96. The summed E-state index contributed by atoms with van der Waals surface area (Å²) in [6.45, 7) is 0.0918. The molecule has 32 heavy (non-hydrogen) atoms. The van der Waals surface area contributed by atoms with Crippen LogP contribution in [0.3, 0.4) is 0 Å². The fourth-order valence-corrected chi connectivity index (χ4v) is 3.36. The monoisotopic (exact) mass is 523 g/mol. The Morgan fingerprint density at radius 3 is 2.75 bits per heavy atom. The standard InChI is InChI=1S/C17H12BrClFN9O3/c18-11-7-27(6-10-12(19)2-1-3-13(10)20)24-15(11)22-16(30)14-4-5-26(23-14)9-28-8-21-17(25-28)29(31)32/h1-5,7-8H,6,9H2,(H,22,24,30). The highest BCUT2D eigenvalue weighted by atomic mass is 79.9. The SMILES string of the molecule is O=C(Nc1nn(Cc2c(F)cccc2Cl)cc1Br)c1ccn(Cn2cnc([N+](=O)[O-])n2)n1. The number of amides is 1. The van der Waals surface area contributed by atoms with Gasteiger partial charge < -0.3 is 15.4 Å². The smallest absolute Gasteiger partial charge is 0.390 e. The molecular weight excluding hydrogens is 513 g/mol. The number of hydrogen-bond acceptors (Lipinski definition) is 7. The molecule has 0 saturated carbocycles. The van der Waals surface area contributed by atoms with Crippen LogP contribution in [0.15, 0.2) is 47.5 Å². The molecule has 0 fully saturated rings.